The number of carbonyl (C=O) groups excluding carboxylic acids is 3. The lowest BCUT2D eigenvalue weighted by molar-refractivity contribution is -0.384. The van der Waals surface area contributed by atoms with Gasteiger partial charge in [0, 0.05) is 38.3 Å². The van der Waals surface area contributed by atoms with Gasteiger partial charge in [-0.15, -0.1) is 0 Å². The van der Waals surface area contributed by atoms with Crippen LogP contribution in [0, 0.1) is 10.1 Å². The number of amides is 3. The average Bonchev–Trinajstić information content (AvgIpc) is 2.89. The van der Waals surface area contributed by atoms with Gasteiger partial charge in [-0.1, -0.05) is 12.1 Å². The number of rotatable bonds is 8. The normalized spacial score (nSPS) is 13.1. The van der Waals surface area contributed by atoms with Crippen molar-refractivity contribution in [3.8, 4) is 5.75 Å². The molecule has 1 aliphatic heterocycles. The Balaban J connectivity index is 1.32. The second kappa shape index (κ2) is 12.2. The van der Waals surface area contributed by atoms with Gasteiger partial charge in [0.2, 0.25) is 5.91 Å². The maximum absolute atomic E-state index is 12.4. The number of alkyl carbamates (subject to hydrolysis) is 1. The predicted octanol–water partition coefficient (Wildman–Crippen LogP) is 2.31. The van der Waals surface area contributed by atoms with E-state index in [4.69, 9.17) is 14.2 Å². The Morgan fingerprint density at radius 3 is 2.00 bits per heavy atom. The monoisotopic (exact) mass is 486 g/mol. The first kappa shape index (κ1) is 25.3. The van der Waals surface area contributed by atoms with Crippen molar-refractivity contribution in [3.05, 3.63) is 69.8 Å². The first-order valence-electron chi connectivity index (χ1n) is 10.8. The number of non-ortho nitro benzene ring substituents is 1. The molecule has 0 saturated carbocycles. The van der Waals surface area contributed by atoms with E-state index in [1.54, 1.807) is 24.1 Å². The van der Waals surface area contributed by atoms with Crippen molar-refractivity contribution >= 4 is 23.8 Å². The topological polar surface area (TPSA) is 141 Å². The minimum absolute atomic E-state index is 0.0607. The van der Waals surface area contributed by atoms with Gasteiger partial charge in [0.25, 0.3) is 5.69 Å². The molecule has 1 heterocycles. The van der Waals surface area contributed by atoms with Crippen LogP contribution in [0.15, 0.2) is 48.5 Å². The van der Waals surface area contributed by atoms with Crippen molar-refractivity contribution in [2.24, 2.45) is 0 Å². The molecule has 3 rings (SSSR count). The molecule has 0 bridgehead atoms. The van der Waals surface area contributed by atoms with Gasteiger partial charge in [0.15, 0.2) is 0 Å². The van der Waals surface area contributed by atoms with Gasteiger partial charge in [-0.05, 0) is 35.4 Å². The predicted molar refractivity (Wildman–Crippen MR) is 123 cm³/mol. The minimum atomic E-state index is -0.780. The van der Waals surface area contributed by atoms with E-state index in [0.29, 0.717) is 37.5 Å². The van der Waals surface area contributed by atoms with E-state index in [0.717, 1.165) is 5.56 Å². The summed E-state index contributed by atoms with van der Waals surface area (Å²) in [5, 5.41) is 13.0. The third kappa shape index (κ3) is 7.59. The van der Waals surface area contributed by atoms with E-state index < -0.39 is 17.1 Å². The summed E-state index contributed by atoms with van der Waals surface area (Å²) in [7, 11) is 1.58. The van der Waals surface area contributed by atoms with Crippen molar-refractivity contribution in [1.29, 1.82) is 0 Å². The molecule has 0 unspecified atom stereocenters. The van der Waals surface area contributed by atoms with Crippen LogP contribution in [0.3, 0.4) is 0 Å². The lowest BCUT2D eigenvalue weighted by atomic mass is 10.2. The zero-order valence-corrected chi connectivity index (χ0v) is 19.2. The molecule has 12 nitrogen and oxygen atoms in total. The fourth-order valence-electron chi connectivity index (χ4n) is 3.27. The van der Waals surface area contributed by atoms with E-state index in [-0.39, 0.29) is 31.4 Å². The van der Waals surface area contributed by atoms with Crippen molar-refractivity contribution < 1.29 is 33.5 Å². The molecule has 0 radical (unpaired) electrons. The molecular formula is C23H26N4O8. The van der Waals surface area contributed by atoms with Crippen LogP contribution >= 0.6 is 0 Å². The minimum Gasteiger partial charge on any atom is -0.497 e. The van der Waals surface area contributed by atoms with Crippen LogP contribution in [-0.4, -0.2) is 72.7 Å². The van der Waals surface area contributed by atoms with Crippen molar-refractivity contribution in [2.45, 2.75) is 13.2 Å². The van der Waals surface area contributed by atoms with Gasteiger partial charge < -0.3 is 29.3 Å². The number of piperazine rings is 1. The quantitative estimate of drug-likeness (QED) is 0.443. The summed E-state index contributed by atoms with van der Waals surface area (Å²) in [5.41, 5.74) is 1.35. The Morgan fingerprint density at radius 1 is 0.886 bits per heavy atom. The van der Waals surface area contributed by atoms with E-state index in [9.17, 15) is 24.5 Å². The smallest absolute Gasteiger partial charge is 0.410 e. The SMILES string of the molecule is COc1ccc(COC(=O)N2CCN(C(=O)CNC(=O)OCc3ccc([N+](=O)[O-])cc3)CC2)cc1. The maximum atomic E-state index is 12.4. The molecule has 0 spiro atoms. The number of carbonyl (C=O) groups is 3. The maximum Gasteiger partial charge on any atom is 0.410 e. The fourth-order valence-corrected chi connectivity index (χ4v) is 3.27. The summed E-state index contributed by atoms with van der Waals surface area (Å²) in [6, 6.07) is 12.8. The second-order valence-corrected chi connectivity index (χ2v) is 7.62. The molecule has 2 aromatic carbocycles. The summed E-state index contributed by atoms with van der Waals surface area (Å²) in [6.07, 6.45) is -1.24. The van der Waals surface area contributed by atoms with E-state index in [1.807, 2.05) is 12.1 Å². The third-order valence-corrected chi connectivity index (χ3v) is 5.31. The van der Waals surface area contributed by atoms with Gasteiger partial charge >= 0.3 is 12.2 Å². The molecule has 2 aromatic rings. The number of nitro benzene ring substituents is 1. The van der Waals surface area contributed by atoms with Crippen LogP contribution in [0.4, 0.5) is 15.3 Å². The molecule has 1 saturated heterocycles. The van der Waals surface area contributed by atoms with Crippen LogP contribution in [0.1, 0.15) is 11.1 Å². The number of ether oxygens (including phenoxy) is 3. The van der Waals surface area contributed by atoms with Crippen molar-refractivity contribution in [2.75, 3.05) is 39.8 Å². The van der Waals surface area contributed by atoms with Crippen LogP contribution in [0.2, 0.25) is 0 Å². The zero-order chi connectivity index (χ0) is 25.2. The number of nitro groups is 1. The van der Waals surface area contributed by atoms with E-state index >= 15 is 0 Å². The number of hydrogen-bond donors (Lipinski definition) is 1. The molecular weight excluding hydrogens is 460 g/mol. The number of methoxy groups -OCH3 is 1. The molecule has 3 amide bonds. The molecule has 12 heteroatoms. The lowest BCUT2D eigenvalue weighted by Gasteiger charge is -2.34. The third-order valence-electron chi connectivity index (χ3n) is 5.31. The Hall–Kier alpha value is -4.35. The summed E-state index contributed by atoms with van der Waals surface area (Å²) in [5.74, 6) is 0.414. The highest BCUT2D eigenvalue weighted by Crippen LogP contribution is 2.14. The standard InChI is InChI=1S/C23H26N4O8/c1-33-20-8-4-18(5-9-20)16-35-23(30)26-12-10-25(11-13-26)21(28)14-24-22(29)34-15-17-2-6-19(7-3-17)27(31)32/h2-9H,10-16H2,1H3,(H,24,29). The lowest BCUT2D eigenvalue weighted by Crippen LogP contribution is -2.52. The first-order valence-corrected chi connectivity index (χ1v) is 10.8. The van der Waals surface area contributed by atoms with Gasteiger partial charge in [-0.25, -0.2) is 9.59 Å². The molecule has 1 N–H and O–H groups in total. The Bertz CT molecular complexity index is 1030. The fraction of sp³-hybridized carbons (Fsp3) is 0.348. The van der Waals surface area contributed by atoms with Gasteiger partial charge in [0.1, 0.15) is 25.5 Å². The summed E-state index contributed by atoms with van der Waals surface area (Å²) >= 11 is 0. The van der Waals surface area contributed by atoms with Gasteiger partial charge in [-0.3, -0.25) is 14.9 Å². The molecule has 1 fully saturated rings. The summed E-state index contributed by atoms with van der Waals surface area (Å²) in [4.78, 5) is 49.7. The molecule has 0 aliphatic carbocycles. The number of nitrogens with zero attached hydrogens (tertiary/aromatic N) is 3. The highest BCUT2D eigenvalue weighted by atomic mass is 16.6. The van der Waals surface area contributed by atoms with Crippen LogP contribution in [0.25, 0.3) is 0 Å². The van der Waals surface area contributed by atoms with E-state index in [2.05, 4.69) is 5.32 Å². The Labute approximate surface area is 201 Å². The molecule has 0 aromatic heterocycles. The summed E-state index contributed by atoms with van der Waals surface area (Å²) in [6.45, 7) is 1.06. The average molecular weight is 486 g/mol. The van der Waals surface area contributed by atoms with E-state index in [1.165, 1.54) is 29.2 Å². The van der Waals surface area contributed by atoms with Crippen molar-refractivity contribution in [3.63, 3.8) is 0 Å². The van der Waals surface area contributed by atoms with Crippen molar-refractivity contribution in [1.82, 2.24) is 15.1 Å². The largest absolute Gasteiger partial charge is 0.497 e. The number of hydrogen-bond acceptors (Lipinski definition) is 8. The summed E-state index contributed by atoms with van der Waals surface area (Å²) < 4.78 is 15.5. The highest BCUT2D eigenvalue weighted by Gasteiger charge is 2.25. The Morgan fingerprint density at radius 2 is 1.43 bits per heavy atom. The molecule has 35 heavy (non-hydrogen) atoms. The highest BCUT2D eigenvalue weighted by molar-refractivity contribution is 5.82. The molecule has 1 aliphatic rings. The van der Waals surface area contributed by atoms with Crippen LogP contribution in [0.5, 0.6) is 5.75 Å². The number of nitrogens with one attached hydrogen (secondary N) is 1. The molecule has 186 valence electrons. The van der Waals surface area contributed by atoms with Crippen LogP contribution in [-0.2, 0) is 27.5 Å². The van der Waals surface area contributed by atoms with Gasteiger partial charge in [0.05, 0.1) is 12.0 Å². The second-order valence-electron chi connectivity index (χ2n) is 7.62. The number of benzene rings is 2. The molecule has 0 atom stereocenters. The van der Waals surface area contributed by atoms with Crippen LogP contribution < -0.4 is 10.1 Å². The van der Waals surface area contributed by atoms with Gasteiger partial charge in [-0.2, -0.15) is 0 Å². The first-order chi connectivity index (χ1) is 16.9. The Kier molecular flexibility index (Phi) is 8.82. The zero-order valence-electron chi connectivity index (χ0n) is 19.2.